The zero-order valence-corrected chi connectivity index (χ0v) is 8.57. The Morgan fingerprint density at radius 2 is 2.31 bits per heavy atom. The summed E-state index contributed by atoms with van der Waals surface area (Å²) in [7, 11) is 0. The van der Waals surface area contributed by atoms with E-state index in [2.05, 4.69) is 9.36 Å². The lowest BCUT2D eigenvalue weighted by atomic mass is 10.2. The average Bonchev–Trinajstić information content (AvgIpc) is 2.70. The molecule has 0 atom stereocenters. The molecule has 82 valence electrons. The van der Waals surface area contributed by atoms with Gasteiger partial charge in [0, 0.05) is 17.6 Å². The Morgan fingerprint density at radius 1 is 1.50 bits per heavy atom. The Balaban J connectivity index is 2.38. The molecule has 2 aromatic rings. The first kappa shape index (κ1) is 10.5. The molecular weight excluding hydrogens is 235 g/mol. The number of halogens is 1. The number of hydrogen-bond acceptors (Lipinski definition) is 5. The molecule has 0 radical (unpaired) electrons. The van der Waals surface area contributed by atoms with Crippen molar-refractivity contribution < 1.29 is 19.0 Å². The molecule has 0 bridgehead atoms. The molecule has 0 fully saturated rings. The second-order valence-corrected chi connectivity index (χ2v) is 3.50. The molecule has 0 aliphatic rings. The van der Waals surface area contributed by atoms with Crippen LogP contribution in [0.5, 0.6) is 10.9 Å². The molecule has 1 aromatic carbocycles. The number of hydrogen-bond donors (Lipinski definition) is 1. The monoisotopic (exact) mass is 240 g/mol. The fourth-order valence-corrected chi connectivity index (χ4v) is 1.47. The lowest BCUT2D eigenvalue weighted by Gasteiger charge is -2.04. The molecule has 7 heteroatoms. The molecule has 0 saturated carbocycles. The molecular formula is C9H5FN2O3S. The Labute approximate surface area is 93.3 Å². The third kappa shape index (κ3) is 2.14. The van der Waals surface area contributed by atoms with Gasteiger partial charge in [0.25, 0.3) is 5.19 Å². The van der Waals surface area contributed by atoms with Crippen LogP contribution in [-0.4, -0.2) is 20.4 Å². The van der Waals surface area contributed by atoms with Crippen LogP contribution in [-0.2, 0) is 0 Å². The highest BCUT2D eigenvalue weighted by atomic mass is 32.1. The Bertz CT molecular complexity index is 515. The van der Waals surface area contributed by atoms with Gasteiger partial charge >= 0.3 is 5.97 Å². The maximum Gasteiger partial charge on any atom is 0.339 e. The summed E-state index contributed by atoms with van der Waals surface area (Å²) in [6.07, 6.45) is 1.26. The minimum atomic E-state index is -1.19. The van der Waals surface area contributed by atoms with E-state index in [1.807, 2.05) is 0 Å². The Morgan fingerprint density at radius 3 is 2.94 bits per heavy atom. The van der Waals surface area contributed by atoms with Gasteiger partial charge in [-0.1, -0.05) is 0 Å². The molecule has 1 N–H and O–H groups in total. The van der Waals surface area contributed by atoms with E-state index in [0.717, 1.165) is 29.7 Å². The molecule has 2 rings (SSSR count). The maximum atomic E-state index is 12.9. The van der Waals surface area contributed by atoms with Crippen LogP contribution in [0, 0.1) is 5.82 Å². The Hall–Kier alpha value is -2.02. The molecule has 1 heterocycles. The first-order valence-corrected chi connectivity index (χ1v) is 4.91. The van der Waals surface area contributed by atoms with Crippen molar-refractivity contribution >= 4 is 17.5 Å². The number of carboxylic acids is 1. The van der Waals surface area contributed by atoms with Gasteiger partial charge in [-0.2, -0.15) is 9.36 Å². The minimum absolute atomic E-state index is 0.0933. The third-order valence-electron chi connectivity index (χ3n) is 1.71. The SMILES string of the molecule is O=C(O)c1ccc(F)cc1Oc1ncns1. The molecule has 0 unspecified atom stereocenters. The van der Waals surface area contributed by atoms with Crippen LogP contribution in [0.4, 0.5) is 4.39 Å². The van der Waals surface area contributed by atoms with Crippen molar-refractivity contribution in [1.82, 2.24) is 9.36 Å². The lowest BCUT2D eigenvalue weighted by molar-refractivity contribution is 0.0694. The van der Waals surface area contributed by atoms with Crippen LogP contribution in [0.1, 0.15) is 10.4 Å². The smallest absolute Gasteiger partial charge is 0.339 e. The number of rotatable bonds is 3. The van der Waals surface area contributed by atoms with Crippen LogP contribution >= 0.6 is 11.5 Å². The van der Waals surface area contributed by atoms with E-state index in [1.165, 1.54) is 6.33 Å². The van der Waals surface area contributed by atoms with E-state index in [0.29, 0.717) is 0 Å². The minimum Gasteiger partial charge on any atom is -0.478 e. The molecule has 5 nitrogen and oxygen atoms in total. The summed E-state index contributed by atoms with van der Waals surface area (Å²) in [5.41, 5.74) is -0.128. The van der Waals surface area contributed by atoms with Crippen molar-refractivity contribution in [2.45, 2.75) is 0 Å². The average molecular weight is 240 g/mol. The predicted octanol–water partition coefficient (Wildman–Crippen LogP) is 2.17. The van der Waals surface area contributed by atoms with Crippen molar-refractivity contribution in [1.29, 1.82) is 0 Å². The first-order chi connectivity index (χ1) is 7.66. The van der Waals surface area contributed by atoms with E-state index >= 15 is 0 Å². The summed E-state index contributed by atoms with van der Waals surface area (Å²) in [5.74, 6) is -1.87. The van der Waals surface area contributed by atoms with E-state index in [9.17, 15) is 9.18 Å². The van der Waals surface area contributed by atoms with Gasteiger partial charge in [-0.15, -0.1) is 0 Å². The van der Waals surface area contributed by atoms with Crippen LogP contribution in [0.2, 0.25) is 0 Å². The van der Waals surface area contributed by atoms with Crippen LogP contribution in [0.15, 0.2) is 24.5 Å². The van der Waals surface area contributed by atoms with Gasteiger partial charge in [0.15, 0.2) is 0 Å². The standard InChI is InChI=1S/C9H5FN2O3S/c10-5-1-2-6(8(13)14)7(3-5)15-9-11-4-12-16-9/h1-4H,(H,13,14). The van der Waals surface area contributed by atoms with Crippen LogP contribution < -0.4 is 4.74 Å². The highest BCUT2D eigenvalue weighted by molar-refractivity contribution is 7.07. The summed E-state index contributed by atoms with van der Waals surface area (Å²) >= 11 is 0.945. The Kier molecular flexibility index (Phi) is 2.78. The molecule has 0 spiro atoms. The van der Waals surface area contributed by atoms with Crippen molar-refractivity contribution in [3.63, 3.8) is 0 Å². The number of nitrogens with zero attached hydrogens (tertiary/aromatic N) is 2. The lowest BCUT2D eigenvalue weighted by Crippen LogP contribution is -2.00. The van der Waals surface area contributed by atoms with E-state index in [-0.39, 0.29) is 16.5 Å². The van der Waals surface area contributed by atoms with Gasteiger partial charge in [-0.05, 0) is 12.1 Å². The third-order valence-corrected chi connectivity index (χ3v) is 2.26. The first-order valence-electron chi connectivity index (χ1n) is 4.14. The van der Waals surface area contributed by atoms with Crippen molar-refractivity contribution in [2.24, 2.45) is 0 Å². The summed E-state index contributed by atoms with van der Waals surface area (Å²) in [4.78, 5) is 14.5. The second kappa shape index (κ2) is 4.23. The number of aromatic nitrogens is 2. The molecule has 0 aliphatic heterocycles. The molecule has 1 aromatic heterocycles. The van der Waals surface area contributed by atoms with Gasteiger partial charge in [-0.3, -0.25) is 0 Å². The zero-order chi connectivity index (χ0) is 11.5. The fourth-order valence-electron chi connectivity index (χ4n) is 1.06. The van der Waals surface area contributed by atoms with Gasteiger partial charge in [0.1, 0.15) is 23.5 Å². The number of aromatic carboxylic acids is 1. The summed E-state index contributed by atoms with van der Waals surface area (Å²) < 4.78 is 21.7. The summed E-state index contributed by atoms with van der Waals surface area (Å²) in [6, 6.07) is 3.18. The highest BCUT2D eigenvalue weighted by Crippen LogP contribution is 2.26. The van der Waals surface area contributed by atoms with Gasteiger partial charge in [-0.25, -0.2) is 9.18 Å². The molecule has 0 amide bonds. The second-order valence-electron chi connectivity index (χ2n) is 2.75. The maximum absolute atomic E-state index is 12.9. The van der Waals surface area contributed by atoms with Crippen LogP contribution in [0.25, 0.3) is 0 Å². The molecule has 0 saturated heterocycles. The topological polar surface area (TPSA) is 72.3 Å². The number of benzene rings is 1. The molecule has 0 aliphatic carbocycles. The molecule has 16 heavy (non-hydrogen) atoms. The largest absolute Gasteiger partial charge is 0.478 e. The number of carboxylic acid groups (broad SMARTS) is 1. The van der Waals surface area contributed by atoms with E-state index < -0.39 is 11.8 Å². The summed E-state index contributed by atoms with van der Waals surface area (Å²) in [6.45, 7) is 0. The van der Waals surface area contributed by atoms with Gasteiger partial charge in [0.05, 0.1) is 0 Å². The predicted molar refractivity (Wildman–Crippen MR) is 53.3 cm³/mol. The fraction of sp³-hybridized carbons (Fsp3) is 0. The van der Waals surface area contributed by atoms with Gasteiger partial charge in [0.2, 0.25) is 0 Å². The van der Waals surface area contributed by atoms with E-state index in [1.54, 1.807) is 0 Å². The van der Waals surface area contributed by atoms with Crippen LogP contribution in [0.3, 0.4) is 0 Å². The normalized spacial score (nSPS) is 10.1. The quantitative estimate of drug-likeness (QED) is 0.890. The number of ether oxygens (including phenoxy) is 1. The van der Waals surface area contributed by atoms with Crippen molar-refractivity contribution in [2.75, 3.05) is 0 Å². The van der Waals surface area contributed by atoms with Crippen molar-refractivity contribution in [3.8, 4) is 10.9 Å². The summed E-state index contributed by atoms with van der Waals surface area (Å²) in [5, 5.41) is 9.01. The highest BCUT2D eigenvalue weighted by Gasteiger charge is 2.14. The number of carbonyl (C=O) groups is 1. The van der Waals surface area contributed by atoms with E-state index in [4.69, 9.17) is 9.84 Å². The van der Waals surface area contributed by atoms with Crippen molar-refractivity contribution in [3.05, 3.63) is 35.9 Å². The van der Waals surface area contributed by atoms with Gasteiger partial charge < -0.3 is 9.84 Å². The zero-order valence-electron chi connectivity index (χ0n) is 7.75.